The van der Waals surface area contributed by atoms with Crippen molar-refractivity contribution >= 4 is 28.4 Å². The minimum Gasteiger partial charge on any atom is -0.276 e. The number of hydrogen-bond acceptors (Lipinski definition) is 1. The van der Waals surface area contributed by atoms with E-state index in [1.165, 1.54) is 19.1 Å². The quantitative estimate of drug-likeness (QED) is 0.646. The van der Waals surface area contributed by atoms with Crippen LogP contribution in [0, 0.1) is 12.7 Å². The van der Waals surface area contributed by atoms with Gasteiger partial charge in [0.1, 0.15) is 5.82 Å². The van der Waals surface area contributed by atoms with E-state index in [0.29, 0.717) is 0 Å². The highest BCUT2D eigenvalue weighted by atomic mass is 35.5. The Morgan fingerprint density at radius 3 is 2.50 bits per heavy atom. The molecule has 0 bridgehead atoms. The molecule has 0 spiro atoms. The highest BCUT2D eigenvalue weighted by molar-refractivity contribution is 6.69. The first-order valence-corrected chi connectivity index (χ1v) is 3.94. The lowest BCUT2D eigenvalue weighted by atomic mass is 10.1. The molecule has 0 unspecified atom stereocenters. The fourth-order valence-electron chi connectivity index (χ4n) is 0.894. The Balaban J connectivity index is 3.43. The first kappa shape index (κ1) is 9.49. The van der Waals surface area contributed by atoms with Gasteiger partial charge < -0.3 is 0 Å². The Morgan fingerprint density at radius 2 is 2.08 bits per heavy atom. The predicted octanol–water partition coefficient (Wildman–Crippen LogP) is 3.17. The maximum Gasteiger partial charge on any atom is 0.254 e. The van der Waals surface area contributed by atoms with Crippen LogP contribution in [0.15, 0.2) is 12.1 Å². The second-order valence-electron chi connectivity index (χ2n) is 2.30. The maximum absolute atomic E-state index is 12.9. The van der Waals surface area contributed by atoms with Crippen molar-refractivity contribution in [1.29, 1.82) is 0 Å². The molecule has 0 saturated heterocycles. The number of carbonyl (C=O) groups excluding carboxylic acids is 1. The summed E-state index contributed by atoms with van der Waals surface area (Å²) in [4.78, 5) is 10.8. The normalized spacial score (nSPS) is 10.0. The summed E-state index contributed by atoms with van der Waals surface area (Å²) in [5.74, 6) is -0.483. The molecule has 0 aliphatic carbocycles. The maximum atomic E-state index is 12.9. The summed E-state index contributed by atoms with van der Waals surface area (Å²) < 4.78 is 12.9. The van der Waals surface area contributed by atoms with Crippen molar-refractivity contribution in [3.8, 4) is 0 Å². The van der Waals surface area contributed by atoms with Crippen molar-refractivity contribution in [1.82, 2.24) is 0 Å². The molecular formula is C8H5Cl2FO. The van der Waals surface area contributed by atoms with E-state index < -0.39 is 11.1 Å². The lowest BCUT2D eigenvalue weighted by Gasteiger charge is -2.03. The summed E-state index contributed by atoms with van der Waals surface area (Å²) in [6.45, 7) is 1.46. The van der Waals surface area contributed by atoms with E-state index >= 15 is 0 Å². The molecule has 1 aromatic rings. The molecular weight excluding hydrogens is 202 g/mol. The second-order valence-corrected chi connectivity index (χ2v) is 3.05. The van der Waals surface area contributed by atoms with Crippen LogP contribution >= 0.6 is 23.2 Å². The highest BCUT2D eigenvalue weighted by Gasteiger charge is 2.13. The minimum absolute atomic E-state index is 0.0401. The van der Waals surface area contributed by atoms with Gasteiger partial charge in [-0.3, -0.25) is 4.79 Å². The zero-order chi connectivity index (χ0) is 9.30. The van der Waals surface area contributed by atoms with Crippen LogP contribution in [0.5, 0.6) is 0 Å². The Hall–Kier alpha value is -0.600. The van der Waals surface area contributed by atoms with Gasteiger partial charge in [0.25, 0.3) is 5.24 Å². The third-order valence-electron chi connectivity index (χ3n) is 1.54. The van der Waals surface area contributed by atoms with Crippen LogP contribution < -0.4 is 0 Å². The largest absolute Gasteiger partial charge is 0.276 e. The number of rotatable bonds is 1. The molecule has 1 rings (SSSR count). The monoisotopic (exact) mass is 206 g/mol. The zero-order valence-electron chi connectivity index (χ0n) is 6.20. The van der Waals surface area contributed by atoms with Gasteiger partial charge in [0, 0.05) is 0 Å². The van der Waals surface area contributed by atoms with Crippen molar-refractivity contribution in [3.63, 3.8) is 0 Å². The summed E-state index contributed by atoms with van der Waals surface area (Å²) in [6.07, 6.45) is 0. The van der Waals surface area contributed by atoms with Gasteiger partial charge in [-0.05, 0) is 36.2 Å². The van der Waals surface area contributed by atoms with Gasteiger partial charge in [-0.1, -0.05) is 11.6 Å². The third kappa shape index (κ3) is 1.59. The van der Waals surface area contributed by atoms with Crippen LogP contribution in [0.1, 0.15) is 15.9 Å². The van der Waals surface area contributed by atoms with Crippen LogP contribution in [0.3, 0.4) is 0 Å². The van der Waals surface area contributed by atoms with Crippen molar-refractivity contribution < 1.29 is 9.18 Å². The van der Waals surface area contributed by atoms with Crippen LogP contribution in [0.4, 0.5) is 4.39 Å². The predicted molar refractivity (Wildman–Crippen MR) is 46.3 cm³/mol. The number of benzene rings is 1. The smallest absolute Gasteiger partial charge is 0.254 e. The second kappa shape index (κ2) is 3.42. The molecule has 0 heterocycles. The van der Waals surface area contributed by atoms with Crippen LogP contribution in [-0.2, 0) is 0 Å². The first-order chi connectivity index (χ1) is 5.54. The fourth-order valence-corrected chi connectivity index (χ4v) is 1.48. The summed E-state index contributed by atoms with van der Waals surface area (Å²) in [5.41, 5.74) is 0.223. The molecule has 0 aromatic heterocycles. The average molecular weight is 207 g/mol. The van der Waals surface area contributed by atoms with Crippen LogP contribution in [0.25, 0.3) is 0 Å². The molecule has 1 aromatic carbocycles. The van der Waals surface area contributed by atoms with Gasteiger partial charge in [0.15, 0.2) is 0 Å². The molecule has 12 heavy (non-hydrogen) atoms. The van der Waals surface area contributed by atoms with Gasteiger partial charge in [0.05, 0.1) is 10.6 Å². The molecule has 0 atom stereocenters. The van der Waals surface area contributed by atoms with Crippen molar-refractivity contribution in [2.75, 3.05) is 0 Å². The molecule has 0 N–H and O–H groups in total. The lowest BCUT2D eigenvalue weighted by molar-refractivity contribution is 0.108. The summed E-state index contributed by atoms with van der Waals surface area (Å²) in [6, 6.07) is 2.50. The molecule has 0 radical (unpaired) electrons. The fraction of sp³-hybridized carbons (Fsp3) is 0.125. The van der Waals surface area contributed by atoms with E-state index in [9.17, 15) is 9.18 Å². The van der Waals surface area contributed by atoms with Gasteiger partial charge in [-0.15, -0.1) is 0 Å². The molecule has 4 heteroatoms. The van der Waals surface area contributed by atoms with Gasteiger partial charge in [-0.25, -0.2) is 4.39 Å². The van der Waals surface area contributed by atoms with E-state index in [1.54, 1.807) is 0 Å². The third-order valence-corrected chi connectivity index (χ3v) is 2.05. The van der Waals surface area contributed by atoms with Gasteiger partial charge >= 0.3 is 0 Å². The zero-order valence-corrected chi connectivity index (χ0v) is 7.71. The SMILES string of the molecule is Cc1c(F)ccc(Cl)c1C(=O)Cl. The van der Waals surface area contributed by atoms with Crippen LogP contribution in [-0.4, -0.2) is 5.24 Å². The summed E-state index contributed by atoms with van der Waals surface area (Å²) >= 11 is 10.8. The van der Waals surface area contributed by atoms with E-state index in [1.807, 2.05) is 0 Å². The molecule has 0 aliphatic heterocycles. The van der Waals surface area contributed by atoms with E-state index in [0.717, 1.165) is 0 Å². The molecule has 0 amide bonds. The van der Waals surface area contributed by atoms with E-state index in [4.69, 9.17) is 23.2 Å². The molecule has 64 valence electrons. The van der Waals surface area contributed by atoms with Crippen molar-refractivity contribution in [3.05, 3.63) is 34.1 Å². The Bertz CT molecular complexity index is 336. The lowest BCUT2D eigenvalue weighted by Crippen LogP contribution is -1.97. The average Bonchev–Trinajstić information content (AvgIpc) is 1.97. The van der Waals surface area contributed by atoms with Crippen molar-refractivity contribution in [2.24, 2.45) is 0 Å². The number of carbonyl (C=O) groups is 1. The number of hydrogen-bond donors (Lipinski definition) is 0. The number of halogens is 3. The molecule has 1 nitrogen and oxygen atoms in total. The van der Waals surface area contributed by atoms with Gasteiger partial charge in [-0.2, -0.15) is 0 Å². The van der Waals surface area contributed by atoms with Gasteiger partial charge in [0.2, 0.25) is 0 Å². The Kier molecular flexibility index (Phi) is 2.70. The minimum atomic E-state index is -0.739. The topological polar surface area (TPSA) is 17.1 Å². The Labute approximate surface area is 79.1 Å². The van der Waals surface area contributed by atoms with E-state index in [2.05, 4.69) is 0 Å². The van der Waals surface area contributed by atoms with Crippen LogP contribution in [0.2, 0.25) is 5.02 Å². The Morgan fingerprint density at radius 1 is 1.50 bits per heavy atom. The van der Waals surface area contributed by atoms with Crippen molar-refractivity contribution in [2.45, 2.75) is 6.92 Å². The first-order valence-electron chi connectivity index (χ1n) is 3.18. The summed E-state index contributed by atoms with van der Waals surface area (Å²) in [5, 5.41) is -0.564. The molecule has 0 saturated carbocycles. The van der Waals surface area contributed by atoms with E-state index in [-0.39, 0.29) is 16.1 Å². The highest BCUT2D eigenvalue weighted by Crippen LogP contribution is 2.23. The standard InChI is InChI=1S/C8H5Cl2FO/c1-4-6(11)3-2-5(9)7(4)8(10)12/h2-3H,1H3. The molecule has 0 fully saturated rings. The summed E-state index contributed by atoms with van der Waals surface area (Å²) in [7, 11) is 0. The molecule has 0 aliphatic rings.